The van der Waals surface area contributed by atoms with Crippen LogP contribution in [-0.4, -0.2) is 74.0 Å². The Balaban J connectivity index is 1.06. The van der Waals surface area contributed by atoms with Gasteiger partial charge < -0.3 is 29.7 Å². The van der Waals surface area contributed by atoms with Gasteiger partial charge in [0.15, 0.2) is 0 Å². The zero-order valence-corrected chi connectivity index (χ0v) is 24.4. The van der Waals surface area contributed by atoms with Gasteiger partial charge in [-0.1, -0.05) is 6.92 Å². The standard InChI is InChI=1S/C33H44N4O4/c1-23-21-37(18-13-26(23)22-36-16-14-29(38)15-17-36)28-8-3-24(4-9-28)33(39)35-27-6-11-30(12-7-27)41-31-10-5-25(20-34)32(19-31)40-2/h3-5,8-10,19,23,26-27,29-30,38H,6-7,11-18,21-22H2,1-2H3,(H,35,39). The number of anilines is 1. The van der Waals surface area contributed by atoms with Gasteiger partial charge in [-0.2, -0.15) is 5.26 Å². The lowest BCUT2D eigenvalue weighted by Gasteiger charge is -2.41. The summed E-state index contributed by atoms with van der Waals surface area (Å²) in [5.41, 5.74) is 2.38. The van der Waals surface area contributed by atoms with Crippen LogP contribution < -0.4 is 19.7 Å². The van der Waals surface area contributed by atoms with Gasteiger partial charge in [0.2, 0.25) is 0 Å². The van der Waals surface area contributed by atoms with E-state index in [2.05, 4.69) is 40.2 Å². The number of ether oxygens (including phenoxy) is 2. The Morgan fingerprint density at radius 1 is 1.02 bits per heavy atom. The van der Waals surface area contributed by atoms with Crippen LogP contribution in [0.3, 0.4) is 0 Å². The van der Waals surface area contributed by atoms with Crippen LogP contribution >= 0.6 is 0 Å². The van der Waals surface area contributed by atoms with Gasteiger partial charge in [0, 0.05) is 56.1 Å². The number of nitrogens with one attached hydrogen (secondary N) is 1. The fourth-order valence-electron chi connectivity index (χ4n) is 6.58. The van der Waals surface area contributed by atoms with Crippen LogP contribution in [0.2, 0.25) is 0 Å². The summed E-state index contributed by atoms with van der Waals surface area (Å²) < 4.78 is 11.4. The molecule has 2 atom stereocenters. The van der Waals surface area contributed by atoms with E-state index in [1.165, 1.54) is 12.1 Å². The van der Waals surface area contributed by atoms with Gasteiger partial charge in [-0.25, -0.2) is 0 Å². The van der Waals surface area contributed by atoms with Crippen LogP contribution in [0.5, 0.6) is 11.5 Å². The van der Waals surface area contributed by atoms with Crippen LogP contribution in [0, 0.1) is 23.2 Å². The number of carbonyl (C=O) groups excluding carboxylic acids is 1. The number of amides is 1. The van der Waals surface area contributed by atoms with Crippen LogP contribution in [-0.2, 0) is 0 Å². The highest BCUT2D eigenvalue weighted by Gasteiger charge is 2.29. The fourth-order valence-corrected chi connectivity index (χ4v) is 6.58. The van der Waals surface area contributed by atoms with Crippen molar-refractivity contribution < 1.29 is 19.4 Å². The summed E-state index contributed by atoms with van der Waals surface area (Å²) in [7, 11) is 1.55. The molecule has 2 N–H and O–H groups in total. The molecule has 0 radical (unpaired) electrons. The first-order valence-electron chi connectivity index (χ1n) is 15.2. The first-order chi connectivity index (χ1) is 19.9. The van der Waals surface area contributed by atoms with Crippen LogP contribution in [0.15, 0.2) is 42.5 Å². The molecule has 8 nitrogen and oxygen atoms in total. The molecule has 1 aliphatic carbocycles. The van der Waals surface area contributed by atoms with Gasteiger partial charge in [-0.3, -0.25) is 4.79 Å². The largest absolute Gasteiger partial charge is 0.495 e. The highest BCUT2D eigenvalue weighted by Crippen LogP contribution is 2.30. The number of benzene rings is 2. The summed E-state index contributed by atoms with van der Waals surface area (Å²) in [5.74, 6) is 2.51. The molecule has 0 spiro atoms. The van der Waals surface area contributed by atoms with E-state index in [4.69, 9.17) is 9.47 Å². The van der Waals surface area contributed by atoms with Crippen LogP contribution in [0.1, 0.15) is 67.8 Å². The number of likely N-dealkylation sites (tertiary alicyclic amines) is 1. The second-order valence-corrected chi connectivity index (χ2v) is 12.1. The van der Waals surface area contributed by atoms with Crippen molar-refractivity contribution in [3.63, 3.8) is 0 Å². The van der Waals surface area contributed by atoms with Gasteiger partial charge in [0.05, 0.1) is 24.9 Å². The van der Waals surface area contributed by atoms with E-state index in [0.29, 0.717) is 34.5 Å². The molecule has 5 rings (SSSR count). The molecule has 1 amide bonds. The van der Waals surface area contributed by atoms with Crippen molar-refractivity contribution in [3.05, 3.63) is 53.6 Å². The minimum absolute atomic E-state index is 0.0172. The number of methoxy groups -OCH3 is 1. The van der Waals surface area contributed by atoms with Crippen molar-refractivity contribution in [1.82, 2.24) is 10.2 Å². The van der Waals surface area contributed by atoms with Crippen molar-refractivity contribution in [2.24, 2.45) is 11.8 Å². The first kappa shape index (κ1) is 29.2. The molecule has 0 bridgehead atoms. The van der Waals surface area contributed by atoms with Gasteiger partial charge in [0.25, 0.3) is 5.91 Å². The zero-order valence-electron chi connectivity index (χ0n) is 24.4. The molecule has 2 unspecified atom stereocenters. The average Bonchev–Trinajstić information content (AvgIpc) is 3.00. The molecule has 3 aliphatic rings. The lowest BCUT2D eigenvalue weighted by atomic mass is 9.85. The van der Waals surface area contributed by atoms with E-state index in [1.54, 1.807) is 19.2 Å². The topological polar surface area (TPSA) is 98.1 Å². The minimum Gasteiger partial charge on any atom is -0.495 e. The summed E-state index contributed by atoms with van der Waals surface area (Å²) in [6, 6.07) is 15.6. The molecule has 2 aliphatic heterocycles. The molecule has 2 heterocycles. The summed E-state index contributed by atoms with van der Waals surface area (Å²) in [6.07, 6.45) is 6.40. The second kappa shape index (κ2) is 13.6. The van der Waals surface area contributed by atoms with E-state index < -0.39 is 0 Å². The van der Waals surface area contributed by atoms with Gasteiger partial charge in [-0.05, 0) is 93.2 Å². The van der Waals surface area contributed by atoms with Crippen molar-refractivity contribution in [2.75, 3.05) is 44.7 Å². The molecule has 2 saturated heterocycles. The third-order valence-electron chi connectivity index (χ3n) is 9.23. The third-order valence-corrected chi connectivity index (χ3v) is 9.23. The van der Waals surface area contributed by atoms with E-state index >= 15 is 0 Å². The first-order valence-corrected chi connectivity index (χ1v) is 15.2. The van der Waals surface area contributed by atoms with Crippen molar-refractivity contribution in [1.29, 1.82) is 5.26 Å². The molecule has 220 valence electrons. The molecule has 3 fully saturated rings. The summed E-state index contributed by atoms with van der Waals surface area (Å²) in [4.78, 5) is 18.0. The maximum absolute atomic E-state index is 13.0. The van der Waals surface area contributed by atoms with E-state index in [0.717, 1.165) is 71.2 Å². The number of hydrogen-bond donors (Lipinski definition) is 2. The van der Waals surface area contributed by atoms with Gasteiger partial charge in [-0.15, -0.1) is 0 Å². The predicted octanol–water partition coefficient (Wildman–Crippen LogP) is 4.61. The second-order valence-electron chi connectivity index (χ2n) is 12.1. The Kier molecular flexibility index (Phi) is 9.68. The van der Waals surface area contributed by atoms with E-state index in [1.807, 2.05) is 18.2 Å². The number of aliphatic hydroxyl groups excluding tert-OH is 1. The van der Waals surface area contributed by atoms with Gasteiger partial charge in [0.1, 0.15) is 17.6 Å². The lowest BCUT2D eigenvalue weighted by Crippen LogP contribution is -2.46. The highest BCUT2D eigenvalue weighted by atomic mass is 16.5. The Hall–Kier alpha value is -3.28. The molecule has 1 saturated carbocycles. The van der Waals surface area contributed by atoms with Crippen LogP contribution in [0.4, 0.5) is 5.69 Å². The maximum atomic E-state index is 13.0. The summed E-state index contributed by atoms with van der Waals surface area (Å²) in [6.45, 7) is 7.60. The van der Waals surface area contributed by atoms with E-state index in [9.17, 15) is 15.2 Å². The maximum Gasteiger partial charge on any atom is 0.251 e. The van der Waals surface area contributed by atoms with Gasteiger partial charge >= 0.3 is 0 Å². The SMILES string of the molecule is COc1cc(OC2CCC(NC(=O)c3ccc(N4CCC(CN5CCC(O)CC5)C(C)C4)cc3)CC2)ccc1C#N. The number of hydrogen-bond acceptors (Lipinski definition) is 7. The molecular formula is C33H44N4O4. The smallest absolute Gasteiger partial charge is 0.251 e. The number of aliphatic hydroxyl groups is 1. The highest BCUT2D eigenvalue weighted by molar-refractivity contribution is 5.94. The molecule has 2 aromatic rings. The average molecular weight is 561 g/mol. The lowest BCUT2D eigenvalue weighted by molar-refractivity contribution is 0.0667. The number of rotatable bonds is 8. The van der Waals surface area contributed by atoms with Crippen molar-refractivity contribution in [3.8, 4) is 17.6 Å². The zero-order chi connectivity index (χ0) is 28.8. The third kappa shape index (κ3) is 7.52. The Morgan fingerprint density at radius 2 is 1.76 bits per heavy atom. The molecular weight excluding hydrogens is 516 g/mol. The fraction of sp³-hybridized carbons (Fsp3) is 0.576. The van der Waals surface area contributed by atoms with Crippen molar-refractivity contribution >= 4 is 11.6 Å². The Morgan fingerprint density at radius 3 is 2.41 bits per heavy atom. The summed E-state index contributed by atoms with van der Waals surface area (Å²) in [5, 5.41) is 22.2. The monoisotopic (exact) mass is 560 g/mol. The van der Waals surface area contributed by atoms with Crippen molar-refractivity contribution in [2.45, 2.75) is 70.1 Å². The van der Waals surface area contributed by atoms with Crippen LogP contribution in [0.25, 0.3) is 0 Å². The molecule has 41 heavy (non-hydrogen) atoms. The van der Waals surface area contributed by atoms with E-state index in [-0.39, 0.29) is 24.2 Å². The molecule has 2 aromatic carbocycles. The molecule has 0 aromatic heterocycles. The Labute approximate surface area is 244 Å². The quantitative estimate of drug-likeness (QED) is 0.487. The Bertz CT molecular complexity index is 1200. The number of nitrogens with zero attached hydrogens (tertiary/aromatic N) is 3. The number of carbonyl (C=O) groups is 1. The number of piperidine rings is 2. The number of nitriles is 1. The predicted molar refractivity (Wildman–Crippen MR) is 159 cm³/mol. The minimum atomic E-state index is -0.114. The normalized spacial score (nSPS) is 25.8. The summed E-state index contributed by atoms with van der Waals surface area (Å²) >= 11 is 0. The molecule has 8 heteroatoms.